The van der Waals surface area contributed by atoms with Crippen LogP contribution in [0.4, 0.5) is 17.8 Å². The van der Waals surface area contributed by atoms with Crippen molar-refractivity contribution in [2.24, 2.45) is 5.41 Å². The first-order chi connectivity index (χ1) is 9.44. The van der Waals surface area contributed by atoms with E-state index in [4.69, 9.17) is 10.5 Å². The van der Waals surface area contributed by atoms with Gasteiger partial charge >= 0.3 is 0 Å². The van der Waals surface area contributed by atoms with E-state index in [1.807, 2.05) is 0 Å². The van der Waals surface area contributed by atoms with Crippen LogP contribution in [0.15, 0.2) is 0 Å². The fourth-order valence-corrected chi connectivity index (χ4v) is 1.91. The van der Waals surface area contributed by atoms with Crippen LogP contribution in [0.5, 0.6) is 0 Å². The number of aromatic nitrogens is 3. The molecule has 1 saturated heterocycles. The number of ether oxygens (including phenoxy) is 1. The van der Waals surface area contributed by atoms with Crippen LogP contribution in [0.2, 0.25) is 0 Å². The molecule has 1 aliphatic rings. The summed E-state index contributed by atoms with van der Waals surface area (Å²) in [7, 11) is 0. The summed E-state index contributed by atoms with van der Waals surface area (Å²) < 4.78 is 5.32. The fourth-order valence-electron chi connectivity index (χ4n) is 1.91. The third-order valence-electron chi connectivity index (χ3n) is 3.09. The van der Waals surface area contributed by atoms with Gasteiger partial charge in [0.15, 0.2) is 0 Å². The largest absolute Gasteiger partial charge is 0.378 e. The first kappa shape index (κ1) is 14.8. The summed E-state index contributed by atoms with van der Waals surface area (Å²) in [6.07, 6.45) is 1.03. The van der Waals surface area contributed by atoms with Crippen molar-refractivity contribution >= 4 is 17.8 Å². The Bertz CT molecular complexity index is 439. The Morgan fingerprint density at radius 3 is 2.55 bits per heavy atom. The lowest BCUT2D eigenvalue weighted by atomic mass is 9.92. The van der Waals surface area contributed by atoms with Crippen molar-refractivity contribution in [1.82, 2.24) is 15.0 Å². The van der Waals surface area contributed by atoms with Crippen LogP contribution >= 0.6 is 0 Å². The molecule has 112 valence electrons. The van der Waals surface area contributed by atoms with E-state index in [0.717, 1.165) is 26.1 Å². The summed E-state index contributed by atoms with van der Waals surface area (Å²) in [5.41, 5.74) is 6.04. The minimum atomic E-state index is 0.250. The number of nitrogens with zero attached hydrogens (tertiary/aromatic N) is 4. The van der Waals surface area contributed by atoms with Gasteiger partial charge < -0.3 is 20.7 Å². The Morgan fingerprint density at radius 1 is 1.20 bits per heavy atom. The highest BCUT2D eigenvalue weighted by Crippen LogP contribution is 2.18. The first-order valence-electron chi connectivity index (χ1n) is 7.02. The quantitative estimate of drug-likeness (QED) is 0.854. The van der Waals surface area contributed by atoms with Crippen molar-refractivity contribution in [2.75, 3.05) is 48.8 Å². The summed E-state index contributed by atoms with van der Waals surface area (Å²) >= 11 is 0. The van der Waals surface area contributed by atoms with E-state index >= 15 is 0 Å². The molecule has 0 spiro atoms. The smallest absolute Gasteiger partial charge is 0.232 e. The van der Waals surface area contributed by atoms with E-state index < -0.39 is 0 Å². The molecule has 3 N–H and O–H groups in total. The molecule has 7 nitrogen and oxygen atoms in total. The Balaban J connectivity index is 2.00. The standard InChI is InChI=1S/C13H24N6O/c1-13(2,3)4-5-15-11-16-10(14)17-12(18-11)19-6-8-20-9-7-19/h4-9H2,1-3H3,(H3,14,15,16,17,18). The predicted molar refractivity (Wildman–Crippen MR) is 79.8 cm³/mol. The molecule has 0 aromatic carbocycles. The SMILES string of the molecule is CC(C)(C)CCNc1nc(N)nc(N2CCOCC2)n1. The second kappa shape index (κ2) is 6.21. The van der Waals surface area contributed by atoms with Gasteiger partial charge in [-0.15, -0.1) is 0 Å². The average Bonchev–Trinajstić information content (AvgIpc) is 2.37. The molecule has 0 bridgehead atoms. The third-order valence-corrected chi connectivity index (χ3v) is 3.09. The van der Waals surface area contributed by atoms with Gasteiger partial charge in [-0.2, -0.15) is 15.0 Å². The topological polar surface area (TPSA) is 89.2 Å². The third kappa shape index (κ3) is 4.48. The van der Waals surface area contributed by atoms with E-state index in [-0.39, 0.29) is 11.4 Å². The number of anilines is 3. The highest BCUT2D eigenvalue weighted by molar-refractivity contribution is 5.42. The molecular weight excluding hydrogens is 256 g/mol. The maximum Gasteiger partial charge on any atom is 0.232 e. The second-order valence-electron chi connectivity index (χ2n) is 6.15. The predicted octanol–water partition coefficient (Wildman–Crippen LogP) is 1.14. The summed E-state index contributed by atoms with van der Waals surface area (Å²) in [5.74, 6) is 1.42. The van der Waals surface area contributed by atoms with Gasteiger partial charge in [-0.1, -0.05) is 20.8 Å². The number of morpholine rings is 1. The van der Waals surface area contributed by atoms with Crippen molar-refractivity contribution in [3.8, 4) is 0 Å². The Kier molecular flexibility index (Phi) is 4.59. The number of hydrogen-bond donors (Lipinski definition) is 2. The molecule has 7 heteroatoms. The second-order valence-corrected chi connectivity index (χ2v) is 6.15. The zero-order valence-corrected chi connectivity index (χ0v) is 12.5. The van der Waals surface area contributed by atoms with Crippen LogP contribution in [0.1, 0.15) is 27.2 Å². The summed E-state index contributed by atoms with van der Waals surface area (Å²) in [4.78, 5) is 14.8. The lowest BCUT2D eigenvalue weighted by Gasteiger charge is -2.27. The van der Waals surface area contributed by atoms with Crippen LogP contribution in [-0.4, -0.2) is 47.8 Å². The number of nitrogen functional groups attached to an aromatic ring is 1. The van der Waals surface area contributed by atoms with Gasteiger partial charge in [-0.25, -0.2) is 0 Å². The molecule has 20 heavy (non-hydrogen) atoms. The number of nitrogens with two attached hydrogens (primary N) is 1. The van der Waals surface area contributed by atoms with Crippen molar-refractivity contribution in [3.05, 3.63) is 0 Å². The van der Waals surface area contributed by atoms with Crippen molar-refractivity contribution < 1.29 is 4.74 Å². The van der Waals surface area contributed by atoms with Gasteiger partial charge in [0.25, 0.3) is 0 Å². The van der Waals surface area contributed by atoms with Crippen molar-refractivity contribution in [2.45, 2.75) is 27.2 Å². The molecule has 2 rings (SSSR count). The van der Waals surface area contributed by atoms with Crippen molar-refractivity contribution in [3.63, 3.8) is 0 Å². The average molecular weight is 280 g/mol. The minimum absolute atomic E-state index is 0.250. The molecule has 0 atom stereocenters. The van der Waals surface area contributed by atoms with E-state index in [1.54, 1.807) is 0 Å². The monoisotopic (exact) mass is 280 g/mol. The van der Waals surface area contributed by atoms with Gasteiger partial charge in [0.05, 0.1) is 13.2 Å². The number of hydrogen-bond acceptors (Lipinski definition) is 7. The van der Waals surface area contributed by atoms with E-state index in [2.05, 4.69) is 45.9 Å². The van der Waals surface area contributed by atoms with Crippen LogP contribution in [-0.2, 0) is 4.74 Å². The molecule has 0 saturated carbocycles. The van der Waals surface area contributed by atoms with Gasteiger partial charge in [-0.3, -0.25) is 0 Å². The highest BCUT2D eigenvalue weighted by atomic mass is 16.5. The normalized spacial score (nSPS) is 16.2. The maximum absolute atomic E-state index is 5.76. The van der Waals surface area contributed by atoms with E-state index in [1.165, 1.54) is 0 Å². The molecule has 1 aromatic rings. The Morgan fingerprint density at radius 2 is 1.90 bits per heavy atom. The van der Waals surface area contributed by atoms with Gasteiger partial charge in [0.2, 0.25) is 17.8 Å². The molecule has 0 radical (unpaired) electrons. The highest BCUT2D eigenvalue weighted by Gasteiger charge is 2.16. The molecule has 2 heterocycles. The minimum Gasteiger partial charge on any atom is -0.378 e. The summed E-state index contributed by atoms with van der Waals surface area (Å²) in [6, 6.07) is 0. The Labute approximate surface area is 119 Å². The molecule has 0 amide bonds. The summed E-state index contributed by atoms with van der Waals surface area (Å²) in [5, 5.41) is 3.22. The molecule has 0 unspecified atom stereocenters. The van der Waals surface area contributed by atoms with Crippen LogP contribution in [0, 0.1) is 5.41 Å². The molecule has 1 fully saturated rings. The van der Waals surface area contributed by atoms with Gasteiger partial charge in [-0.05, 0) is 11.8 Å². The molecule has 1 aromatic heterocycles. The van der Waals surface area contributed by atoms with E-state index in [9.17, 15) is 0 Å². The molecule has 1 aliphatic heterocycles. The number of rotatable bonds is 4. The van der Waals surface area contributed by atoms with Crippen LogP contribution in [0.3, 0.4) is 0 Å². The fraction of sp³-hybridized carbons (Fsp3) is 0.769. The lowest BCUT2D eigenvalue weighted by molar-refractivity contribution is 0.122. The lowest BCUT2D eigenvalue weighted by Crippen LogP contribution is -2.37. The maximum atomic E-state index is 5.76. The zero-order valence-electron chi connectivity index (χ0n) is 12.5. The van der Waals surface area contributed by atoms with Crippen LogP contribution < -0.4 is 16.0 Å². The van der Waals surface area contributed by atoms with Crippen molar-refractivity contribution in [1.29, 1.82) is 0 Å². The zero-order chi connectivity index (χ0) is 14.6. The molecule has 0 aliphatic carbocycles. The van der Waals surface area contributed by atoms with Gasteiger partial charge in [0, 0.05) is 19.6 Å². The Hall–Kier alpha value is -1.63. The van der Waals surface area contributed by atoms with Gasteiger partial charge in [0.1, 0.15) is 0 Å². The van der Waals surface area contributed by atoms with E-state index in [0.29, 0.717) is 25.1 Å². The van der Waals surface area contributed by atoms with Crippen LogP contribution in [0.25, 0.3) is 0 Å². The molecular formula is C13H24N6O. The summed E-state index contributed by atoms with van der Waals surface area (Å²) in [6.45, 7) is 10.4. The first-order valence-corrected chi connectivity index (χ1v) is 7.02. The number of nitrogens with one attached hydrogen (secondary N) is 1.